The lowest BCUT2D eigenvalue weighted by molar-refractivity contribution is -0.0236. The van der Waals surface area contributed by atoms with Gasteiger partial charge in [0.25, 0.3) is 0 Å². The quantitative estimate of drug-likeness (QED) is 0.907. The van der Waals surface area contributed by atoms with Crippen molar-refractivity contribution < 1.29 is 9.84 Å². The van der Waals surface area contributed by atoms with Crippen molar-refractivity contribution in [2.45, 2.75) is 45.8 Å². The number of nitrogens with zero attached hydrogens (tertiary/aromatic N) is 4. The zero-order valence-electron chi connectivity index (χ0n) is 14.8. The zero-order valence-corrected chi connectivity index (χ0v) is 15.7. The average molecular weight is 360 g/mol. The monoisotopic (exact) mass is 360 g/mol. The first kappa shape index (κ1) is 16.7. The third-order valence-corrected chi connectivity index (χ3v) is 6.23. The molecule has 1 aliphatic heterocycles. The van der Waals surface area contributed by atoms with Crippen LogP contribution in [0.5, 0.6) is 5.75 Å². The molecule has 2 fully saturated rings. The average Bonchev–Trinajstić information content (AvgIpc) is 3.16. The maximum absolute atomic E-state index is 10.6. The number of aliphatic hydroxyl groups is 1. The van der Waals surface area contributed by atoms with Crippen LogP contribution in [0, 0.1) is 32.6 Å². The first-order valence-corrected chi connectivity index (χ1v) is 9.65. The van der Waals surface area contributed by atoms with Crippen molar-refractivity contribution in [2.24, 2.45) is 11.8 Å². The fraction of sp³-hybridized carbons (Fsp3) is 0.611. The Morgan fingerprint density at radius 3 is 2.56 bits per heavy atom. The number of anilines is 1. The minimum Gasteiger partial charge on any atom is -0.486 e. The van der Waals surface area contributed by atoms with Gasteiger partial charge >= 0.3 is 0 Å². The van der Waals surface area contributed by atoms with E-state index in [1.807, 2.05) is 32.9 Å². The number of fused-ring (bicyclic) bond motifs is 1. The van der Waals surface area contributed by atoms with Gasteiger partial charge < -0.3 is 14.7 Å². The van der Waals surface area contributed by atoms with Gasteiger partial charge in [-0.1, -0.05) is 11.3 Å². The Balaban J connectivity index is 1.45. The molecular formula is C18H24N4O2S. The maximum atomic E-state index is 10.6. The number of pyridine rings is 1. The number of aliphatic hydroxyl groups excluding tert-OH is 1. The summed E-state index contributed by atoms with van der Waals surface area (Å²) in [7, 11) is 0. The van der Waals surface area contributed by atoms with Crippen LogP contribution in [0.1, 0.15) is 29.2 Å². The summed E-state index contributed by atoms with van der Waals surface area (Å²) in [6, 6.07) is 3.91. The molecule has 0 bridgehead atoms. The molecule has 2 aromatic rings. The van der Waals surface area contributed by atoms with E-state index in [1.54, 1.807) is 11.3 Å². The summed E-state index contributed by atoms with van der Waals surface area (Å²) in [4.78, 5) is 6.77. The lowest BCUT2D eigenvalue weighted by Gasteiger charge is -2.35. The standard InChI is InChI=1S/C18H24N4O2S/c1-10-4-5-16(11(2)19-10)24-17-7-14-9-22(8-13(14)6-15(17)23)18-21-20-12(3)25-18/h4-5,13-15,17,23H,6-9H2,1-3H3/t13-,14+,15+,17+/m0/s1. The molecule has 2 aliphatic rings. The molecule has 3 heterocycles. The van der Waals surface area contributed by atoms with Crippen LogP contribution in [0.2, 0.25) is 0 Å². The van der Waals surface area contributed by atoms with Crippen LogP contribution in [-0.4, -0.2) is 45.6 Å². The Bertz CT molecular complexity index is 765. The highest BCUT2D eigenvalue weighted by atomic mass is 32.1. The molecule has 0 aromatic carbocycles. The predicted octanol–water partition coefficient (Wildman–Crippen LogP) is 2.51. The van der Waals surface area contributed by atoms with Crippen LogP contribution < -0.4 is 9.64 Å². The fourth-order valence-electron chi connectivity index (χ4n) is 4.05. The molecule has 134 valence electrons. The molecule has 1 N–H and O–H groups in total. The highest BCUT2D eigenvalue weighted by Crippen LogP contribution is 2.40. The molecule has 0 unspecified atom stereocenters. The number of hydrogen-bond donors (Lipinski definition) is 1. The van der Waals surface area contributed by atoms with E-state index in [-0.39, 0.29) is 6.10 Å². The van der Waals surface area contributed by atoms with E-state index in [2.05, 4.69) is 20.1 Å². The van der Waals surface area contributed by atoms with E-state index >= 15 is 0 Å². The highest BCUT2D eigenvalue weighted by Gasteiger charge is 2.43. The molecule has 4 rings (SSSR count). The molecule has 1 aliphatic carbocycles. The Labute approximate surface area is 151 Å². The second kappa shape index (κ2) is 6.53. The minimum absolute atomic E-state index is 0.166. The van der Waals surface area contributed by atoms with Gasteiger partial charge in [-0.2, -0.15) is 0 Å². The molecule has 6 nitrogen and oxygen atoms in total. The molecule has 1 saturated heterocycles. The lowest BCUT2D eigenvalue weighted by atomic mass is 9.78. The van der Waals surface area contributed by atoms with E-state index < -0.39 is 6.10 Å². The van der Waals surface area contributed by atoms with Gasteiger partial charge in [-0.15, -0.1) is 10.2 Å². The van der Waals surface area contributed by atoms with Gasteiger partial charge in [0.1, 0.15) is 16.9 Å². The summed E-state index contributed by atoms with van der Waals surface area (Å²) in [6.45, 7) is 7.83. The van der Waals surface area contributed by atoms with E-state index in [0.29, 0.717) is 11.8 Å². The van der Waals surface area contributed by atoms with E-state index in [0.717, 1.165) is 53.2 Å². The zero-order chi connectivity index (χ0) is 17.6. The van der Waals surface area contributed by atoms with E-state index in [9.17, 15) is 5.11 Å². The van der Waals surface area contributed by atoms with Crippen molar-refractivity contribution >= 4 is 16.5 Å². The van der Waals surface area contributed by atoms with Gasteiger partial charge in [-0.3, -0.25) is 4.98 Å². The van der Waals surface area contributed by atoms with Crippen molar-refractivity contribution in [1.82, 2.24) is 15.2 Å². The predicted molar refractivity (Wildman–Crippen MR) is 97.2 cm³/mol. The summed E-state index contributed by atoms with van der Waals surface area (Å²) >= 11 is 1.64. The lowest BCUT2D eigenvalue weighted by Crippen LogP contribution is -2.42. The van der Waals surface area contributed by atoms with Crippen molar-refractivity contribution in [3.63, 3.8) is 0 Å². The van der Waals surface area contributed by atoms with E-state index in [1.165, 1.54) is 0 Å². The highest BCUT2D eigenvalue weighted by molar-refractivity contribution is 7.15. The van der Waals surface area contributed by atoms with Crippen LogP contribution in [0.15, 0.2) is 12.1 Å². The Hall–Kier alpha value is -1.73. The number of aromatic nitrogens is 3. The van der Waals surface area contributed by atoms with Gasteiger partial charge in [0.05, 0.1) is 11.8 Å². The second-order valence-corrected chi connectivity index (χ2v) is 8.42. The Morgan fingerprint density at radius 1 is 1.12 bits per heavy atom. The Kier molecular flexibility index (Phi) is 4.37. The maximum Gasteiger partial charge on any atom is 0.208 e. The summed E-state index contributed by atoms with van der Waals surface area (Å²) < 4.78 is 6.15. The summed E-state index contributed by atoms with van der Waals surface area (Å²) in [5.41, 5.74) is 1.86. The molecule has 0 amide bonds. The number of hydrogen-bond acceptors (Lipinski definition) is 7. The molecule has 4 atom stereocenters. The number of aryl methyl sites for hydroxylation is 3. The third-order valence-electron chi connectivity index (χ3n) is 5.33. The van der Waals surface area contributed by atoms with E-state index in [4.69, 9.17) is 4.74 Å². The molecular weight excluding hydrogens is 336 g/mol. The summed E-state index contributed by atoms with van der Waals surface area (Å²) in [6.07, 6.45) is 1.05. The molecule has 0 spiro atoms. The molecule has 2 aromatic heterocycles. The molecule has 7 heteroatoms. The SMILES string of the molecule is Cc1ccc(O[C@@H]2C[C@@H]3CN(c4nnc(C)s4)C[C@@H]3C[C@H]2O)c(C)n1. The van der Waals surface area contributed by atoms with Crippen molar-refractivity contribution in [3.8, 4) is 5.75 Å². The van der Waals surface area contributed by atoms with Gasteiger partial charge in [0, 0.05) is 18.8 Å². The van der Waals surface area contributed by atoms with Crippen LogP contribution in [-0.2, 0) is 0 Å². The first-order chi connectivity index (χ1) is 12.0. The Morgan fingerprint density at radius 2 is 1.88 bits per heavy atom. The van der Waals surface area contributed by atoms with Crippen molar-refractivity contribution in [3.05, 3.63) is 28.5 Å². The summed E-state index contributed by atoms with van der Waals surface area (Å²) in [5, 5.41) is 21.0. The van der Waals surface area contributed by atoms with Gasteiger partial charge in [0.2, 0.25) is 5.13 Å². The number of rotatable bonds is 3. The van der Waals surface area contributed by atoms with Gasteiger partial charge in [-0.05, 0) is 57.6 Å². The van der Waals surface area contributed by atoms with Crippen LogP contribution >= 0.6 is 11.3 Å². The smallest absolute Gasteiger partial charge is 0.208 e. The van der Waals surface area contributed by atoms with Gasteiger partial charge in [-0.25, -0.2) is 0 Å². The van der Waals surface area contributed by atoms with Crippen LogP contribution in [0.3, 0.4) is 0 Å². The van der Waals surface area contributed by atoms with Gasteiger partial charge in [0.15, 0.2) is 0 Å². The molecule has 1 saturated carbocycles. The second-order valence-electron chi connectivity index (χ2n) is 7.26. The fourth-order valence-corrected chi connectivity index (χ4v) is 4.75. The molecule has 0 radical (unpaired) electrons. The minimum atomic E-state index is -0.432. The molecule has 25 heavy (non-hydrogen) atoms. The topological polar surface area (TPSA) is 71.4 Å². The summed E-state index contributed by atoms with van der Waals surface area (Å²) in [5.74, 6) is 1.80. The normalized spacial score (nSPS) is 28.9. The van der Waals surface area contributed by atoms with Crippen molar-refractivity contribution in [1.29, 1.82) is 0 Å². The number of ether oxygens (including phenoxy) is 1. The van der Waals surface area contributed by atoms with Crippen LogP contribution in [0.25, 0.3) is 0 Å². The first-order valence-electron chi connectivity index (χ1n) is 8.83. The van der Waals surface area contributed by atoms with Crippen molar-refractivity contribution in [2.75, 3.05) is 18.0 Å². The van der Waals surface area contributed by atoms with Crippen LogP contribution in [0.4, 0.5) is 5.13 Å². The largest absolute Gasteiger partial charge is 0.486 e. The third kappa shape index (κ3) is 3.35.